The van der Waals surface area contributed by atoms with Gasteiger partial charge in [0, 0.05) is 0 Å². The molecule has 0 bridgehead atoms. The number of hydrogen-bond acceptors (Lipinski definition) is 6. The first-order valence-electron chi connectivity index (χ1n) is 9.94. The lowest BCUT2D eigenvalue weighted by atomic mass is 9.89. The Bertz CT molecular complexity index is 900. The molecule has 6 nitrogen and oxygen atoms in total. The van der Waals surface area contributed by atoms with Gasteiger partial charge in [-0.1, -0.05) is 36.4 Å². The second-order valence-electron chi connectivity index (χ2n) is 7.97. The number of nitriles is 1. The molecule has 6 heteroatoms. The minimum atomic E-state index is -1.43. The van der Waals surface area contributed by atoms with Crippen LogP contribution in [0.3, 0.4) is 0 Å². The maximum absolute atomic E-state index is 10.4. The maximum Gasteiger partial charge on any atom is 0.113 e. The van der Waals surface area contributed by atoms with E-state index in [1.165, 1.54) is 18.4 Å². The molecule has 29 heavy (non-hydrogen) atoms. The van der Waals surface area contributed by atoms with Crippen LogP contribution < -0.4 is 0 Å². The SMILES string of the molecule is N#Cc1ccc(C2O[C@H](CO)[C@@H](O)[C@H](O)[C@H]2O)cc1Cc1ccc(C2CC2)cc1. The van der Waals surface area contributed by atoms with Gasteiger partial charge in [-0.3, -0.25) is 0 Å². The van der Waals surface area contributed by atoms with Gasteiger partial charge < -0.3 is 25.2 Å². The molecule has 0 aromatic heterocycles. The predicted octanol–water partition coefficient (Wildman–Crippen LogP) is 1.54. The zero-order valence-corrected chi connectivity index (χ0v) is 16.0. The van der Waals surface area contributed by atoms with Crippen LogP contribution in [-0.2, 0) is 11.2 Å². The van der Waals surface area contributed by atoms with Crippen molar-refractivity contribution in [3.8, 4) is 6.07 Å². The Labute approximate surface area is 169 Å². The second-order valence-corrected chi connectivity index (χ2v) is 7.97. The average Bonchev–Trinajstić information content (AvgIpc) is 3.58. The maximum atomic E-state index is 10.4. The molecule has 0 amide bonds. The molecule has 2 fully saturated rings. The van der Waals surface area contributed by atoms with Gasteiger partial charge >= 0.3 is 0 Å². The van der Waals surface area contributed by atoms with Crippen LogP contribution in [-0.4, -0.2) is 51.4 Å². The predicted molar refractivity (Wildman–Crippen MR) is 105 cm³/mol. The van der Waals surface area contributed by atoms with Gasteiger partial charge in [0.25, 0.3) is 0 Å². The first-order chi connectivity index (χ1) is 14.0. The van der Waals surface area contributed by atoms with Gasteiger partial charge in [-0.25, -0.2) is 0 Å². The van der Waals surface area contributed by atoms with E-state index in [0.29, 0.717) is 23.5 Å². The highest BCUT2D eigenvalue weighted by molar-refractivity contribution is 5.44. The Balaban J connectivity index is 1.60. The van der Waals surface area contributed by atoms with E-state index >= 15 is 0 Å². The number of hydrogen-bond donors (Lipinski definition) is 4. The van der Waals surface area contributed by atoms with Crippen molar-refractivity contribution in [3.05, 3.63) is 70.3 Å². The van der Waals surface area contributed by atoms with Crippen LogP contribution in [0.4, 0.5) is 0 Å². The number of nitrogens with zero attached hydrogens (tertiary/aromatic N) is 1. The van der Waals surface area contributed by atoms with Crippen LogP contribution in [0.5, 0.6) is 0 Å². The number of rotatable bonds is 5. The van der Waals surface area contributed by atoms with Gasteiger partial charge in [-0.2, -0.15) is 5.26 Å². The Hall–Kier alpha value is -2.27. The highest BCUT2D eigenvalue weighted by Gasteiger charge is 2.44. The summed E-state index contributed by atoms with van der Waals surface area (Å²) in [5.74, 6) is 0.688. The van der Waals surface area contributed by atoms with Gasteiger partial charge in [-0.05, 0) is 53.5 Å². The molecule has 4 N–H and O–H groups in total. The summed E-state index contributed by atoms with van der Waals surface area (Å²) >= 11 is 0. The van der Waals surface area contributed by atoms with E-state index in [9.17, 15) is 25.7 Å². The number of aliphatic hydroxyl groups is 4. The smallest absolute Gasteiger partial charge is 0.113 e. The van der Waals surface area contributed by atoms with E-state index in [2.05, 4.69) is 30.3 Å². The minimum absolute atomic E-state index is 0.474. The lowest BCUT2D eigenvalue weighted by molar-refractivity contribution is -0.231. The van der Waals surface area contributed by atoms with Crippen molar-refractivity contribution in [2.75, 3.05) is 6.61 Å². The van der Waals surface area contributed by atoms with E-state index in [0.717, 1.165) is 11.1 Å². The molecule has 2 aromatic rings. The van der Waals surface area contributed by atoms with Crippen molar-refractivity contribution < 1.29 is 25.2 Å². The van der Waals surface area contributed by atoms with Gasteiger partial charge in [0.2, 0.25) is 0 Å². The molecule has 5 atom stereocenters. The van der Waals surface area contributed by atoms with Crippen molar-refractivity contribution in [3.63, 3.8) is 0 Å². The van der Waals surface area contributed by atoms with E-state index < -0.39 is 37.1 Å². The van der Waals surface area contributed by atoms with Gasteiger partial charge in [0.15, 0.2) is 0 Å². The lowest BCUT2D eigenvalue weighted by Gasteiger charge is -2.40. The van der Waals surface area contributed by atoms with E-state index in [1.54, 1.807) is 18.2 Å². The molecule has 0 radical (unpaired) electrons. The van der Waals surface area contributed by atoms with E-state index in [1.807, 2.05) is 0 Å². The summed E-state index contributed by atoms with van der Waals surface area (Å²) < 4.78 is 5.65. The fourth-order valence-corrected chi connectivity index (χ4v) is 3.97. The third kappa shape index (κ3) is 4.06. The molecular formula is C23H25NO5. The van der Waals surface area contributed by atoms with Crippen LogP contribution in [0, 0.1) is 11.3 Å². The summed E-state index contributed by atoms with van der Waals surface area (Å²) in [6.45, 7) is -0.474. The van der Waals surface area contributed by atoms with Crippen LogP contribution in [0.15, 0.2) is 42.5 Å². The van der Waals surface area contributed by atoms with Crippen molar-refractivity contribution >= 4 is 0 Å². The summed E-state index contributed by atoms with van der Waals surface area (Å²) in [4.78, 5) is 0. The number of ether oxygens (including phenoxy) is 1. The largest absolute Gasteiger partial charge is 0.394 e. The zero-order chi connectivity index (χ0) is 20.5. The second kappa shape index (κ2) is 8.23. The highest BCUT2D eigenvalue weighted by atomic mass is 16.5. The fraction of sp³-hybridized carbons (Fsp3) is 0.435. The molecule has 1 saturated heterocycles. The average molecular weight is 395 g/mol. The van der Waals surface area contributed by atoms with Gasteiger partial charge in [0.05, 0.1) is 18.2 Å². The zero-order valence-electron chi connectivity index (χ0n) is 16.0. The third-order valence-corrected chi connectivity index (χ3v) is 5.89. The molecule has 2 aliphatic rings. The fourth-order valence-electron chi connectivity index (χ4n) is 3.97. The van der Waals surface area contributed by atoms with Crippen molar-refractivity contribution in [2.45, 2.75) is 55.7 Å². The molecule has 1 aliphatic heterocycles. The first-order valence-corrected chi connectivity index (χ1v) is 9.94. The Morgan fingerprint density at radius 1 is 0.931 bits per heavy atom. The summed E-state index contributed by atoms with van der Waals surface area (Å²) in [5, 5.41) is 49.3. The summed E-state index contributed by atoms with van der Waals surface area (Å²) in [7, 11) is 0. The lowest BCUT2D eigenvalue weighted by Crippen LogP contribution is -2.55. The van der Waals surface area contributed by atoms with Crippen molar-refractivity contribution in [1.82, 2.24) is 0 Å². The Morgan fingerprint density at radius 3 is 2.24 bits per heavy atom. The first kappa shape index (κ1) is 20.0. The standard InChI is InChI=1S/C23H25NO5/c24-11-17-8-7-16(23-22(28)21(27)20(26)19(12-25)29-23)10-18(17)9-13-1-3-14(4-2-13)15-5-6-15/h1-4,7-8,10,15,19-23,25-28H,5-6,9,12H2/t19-,20-,21+,22-,23?/m1/s1. The van der Waals surface area contributed by atoms with Gasteiger partial charge in [0.1, 0.15) is 30.5 Å². The molecule has 1 aliphatic carbocycles. The molecule has 1 heterocycles. The van der Waals surface area contributed by atoms with Crippen LogP contribution >= 0.6 is 0 Å². The van der Waals surface area contributed by atoms with Crippen LogP contribution in [0.2, 0.25) is 0 Å². The van der Waals surface area contributed by atoms with Crippen molar-refractivity contribution in [1.29, 1.82) is 5.26 Å². The monoisotopic (exact) mass is 395 g/mol. The van der Waals surface area contributed by atoms with E-state index in [4.69, 9.17) is 4.74 Å². The summed E-state index contributed by atoms with van der Waals surface area (Å²) in [6.07, 6.45) is -2.99. The minimum Gasteiger partial charge on any atom is -0.394 e. The number of benzene rings is 2. The molecule has 4 rings (SSSR count). The Morgan fingerprint density at radius 2 is 1.62 bits per heavy atom. The molecular weight excluding hydrogens is 370 g/mol. The van der Waals surface area contributed by atoms with Gasteiger partial charge in [-0.15, -0.1) is 0 Å². The van der Waals surface area contributed by atoms with E-state index in [-0.39, 0.29) is 0 Å². The quantitative estimate of drug-likeness (QED) is 0.611. The van der Waals surface area contributed by atoms with Crippen molar-refractivity contribution in [2.24, 2.45) is 0 Å². The number of aliphatic hydroxyl groups excluding tert-OH is 4. The Kier molecular flexibility index (Phi) is 5.68. The molecule has 1 saturated carbocycles. The highest BCUT2D eigenvalue weighted by Crippen LogP contribution is 2.40. The molecule has 1 unspecified atom stereocenters. The summed E-state index contributed by atoms with van der Waals surface area (Å²) in [6, 6.07) is 15.8. The molecule has 2 aromatic carbocycles. The molecule has 152 valence electrons. The molecule has 0 spiro atoms. The van der Waals surface area contributed by atoms with Crippen LogP contribution in [0.1, 0.15) is 52.7 Å². The topological polar surface area (TPSA) is 114 Å². The normalized spacial score (nSPS) is 29.4. The third-order valence-electron chi connectivity index (χ3n) is 5.89. The summed E-state index contributed by atoms with van der Waals surface area (Å²) in [5.41, 5.74) is 4.34. The van der Waals surface area contributed by atoms with Crippen LogP contribution in [0.25, 0.3) is 0 Å².